The normalized spacial score (nSPS) is 10.4. The van der Waals surface area contributed by atoms with Crippen molar-refractivity contribution in [1.82, 2.24) is 5.32 Å². The number of methoxy groups -OCH3 is 1. The third-order valence-corrected chi connectivity index (χ3v) is 1.24. The van der Waals surface area contributed by atoms with Crippen LogP contribution in [-0.4, -0.2) is 36.1 Å². The molecule has 1 atom stereocenters. The zero-order valence-electron chi connectivity index (χ0n) is 9.36. The Morgan fingerprint density at radius 3 is 2.07 bits per heavy atom. The summed E-state index contributed by atoms with van der Waals surface area (Å²) in [5, 5.41) is 10.5. The molecule has 0 aromatic heterocycles. The molecular formula is C9H17NO5. The van der Waals surface area contributed by atoms with E-state index >= 15 is 0 Å². The number of aliphatic carboxylic acids is 1. The number of carboxylic acids is 1. The second kappa shape index (κ2) is 8.98. The number of hydrogen-bond donors (Lipinski definition) is 2. The summed E-state index contributed by atoms with van der Waals surface area (Å²) in [7, 11) is 1.12. The van der Waals surface area contributed by atoms with E-state index in [0.717, 1.165) is 7.11 Å². The zero-order chi connectivity index (χ0) is 12.4. The van der Waals surface area contributed by atoms with Crippen molar-refractivity contribution < 1.29 is 24.2 Å². The van der Waals surface area contributed by atoms with Crippen LogP contribution >= 0.6 is 0 Å². The summed E-state index contributed by atoms with van der Waals surface area (Å²) in [5.41, 5.74) is 0. The van der Waals surface area contributed by atoms with E-state index in [-0.39, 0.29) is 0 Å². The second-order valence-electron chi connectivity index (χ2n) is 2.37. The fourth-order valence-electron chi connectivity index (χ4n) is 0.756. The number of hydrogen-bond acceptors (Lipinski definition) is 4. The molecule has 0 saturated carbocycles. The molecular weight excluding hydrogens is 202 g/mol. The number of esters is 1. The SMILES string of the molecule is CC.COC(=O)C(CC(=O)O)NC(C)=O. The van der Waals surface area contributed by atoms with Crippen molar-refractivity contribution in [3.05, 3.63) is 0 Å². The average molecular weight is 219 g/mol. The van der Waals surface area contributed by atoms with Gasteiger partial charge in [0.2, 0.25) is 5.91 Å². The van der Waals surface area contributed by atoms with Crippen molar-refractivity contribution in [3.8, 4) is 0 Å². The van der Waals surface area contributed by atoms with E-state index in [1.807, 2.05) is 13.8 Å². The molecule has 0 bridgehead atoms. The zero-order valence-corrected chi connectivity index (χ0v) is 9.36. The maximum atomic E-state index is 10.9. The van der Waals surface area contributed by atoms with Crippen molar-refractivity contribution >= 4 is 17.8 Å². The molecule has 0 radical (unpaired) electrons. The van der Waals surface area contributed by atoms with E-state index < -0.39 is 30.3 Å². The molecule has 88 valence electrons. The number of rotatable bonds is 4. The minimum Gasteiger partial charge on any atom is -0.481 e. The Bertz CT molecular complexity index is 211. The molecule has 0 aromatic carbocycles. The van der Waals surface area contributed by atoms with Crippen LogP contribution in [0.4, 0.5) is 0 Å². The van der Waals surface area contributed by atoms with Gasteiger partial charge in [0, 0.05) is 6.92 Å². The fraction of sp³-hybridized carbons (Fsp3) is 0.667. The first-order valence-electron chi connectivity index (χ1n) is 4.54. The first-order valence-corrected chi connectivity index (χ1v) is 4.54. The number of carbonyl (C=O) groups excluding carboxylic acids is 2. The quantitative estimate of drug-likeness (QED) is 0.657. The molecule has 0 aromatic rings. The van der Waals surface area contributed by atoms with Gasteiger partial charge in [-0.25, -0.2) is 4.79 Å². The molecule has 6 heteroatoms. The predicted octanol–water partition coefficient (Wildman–Crippen LogP) is 0.165. The second-order valence-corrected chi connectivity index (χ2v) is 2.37. The van der Waals surface area contributed by atoms with Crippen LogP contribution in [0.3, 0.4) is 0 Å². The Kier molecular flexibility index (Phi) is 9.50. The minimum atomic E-state index is -1.18. The smallest absolute Gasteiger partial charge is 0.328 e. The van der Waals surface area contributed by atoms with Crippen LogP contribution < -0.4 is 5.32 Å². The Hall–Kier alpha value is -1.59. The van der Waals surface area contributed by atoms with Crippen LogP contribution in [-0.2, 0) is 19.1 Å². The third kappa shape index (κ3) is 8.73. The molecule has 2 N–H and O–H groups in total. The van der Waals surface area contributed by atoms with Gasteiger partial charge in [-0.15, -0.1) is 0 Å². The summed E-state index contributed by atoms with van der Waals surface area (Å²) < 4.78 is 4.30. The number of amides is 1. The number of carbonyl (C=O) groups is 3. The molecule has 15 heavy (non-hydrogen) atoms. The molecule has 0 rings (SSSR count). The van der Waals surface area contributed by atoms with E-state index in [2.05, 4.69) is 10.1 Å². The third-order valence-electron chi connectivity index (χ3n) is 1.24. The van der Waals surface area contributed by atoms with Crippen molar-refractivity contribution in [2.45, 2.75) is 33.2 Å². The van der Waals surface area contributed by atoms with E-state index in [1.165, 1.54) is 6.92 Å². The summed E-state index contributed by atoms with van der Waals surface area (Å²) in [6, 6.07) is -1.11. The standard InChI is InChI=1S/C7H11NO5.C2H6/c1-4(9)8-5(3-6(10)11)7(12)13-2;1-2/h5H,3H2,1-2H3,(H,8,9)(H,10,11);1-2H3. The predicted molar refractivity (Wildman–Crippen MR) is 53.2 cm³/mol. The highest BCUT2D eigenvalue weighted by molar-refractivity contribution is 5.86. The van der Waals surface area contributed by atoms with Crippen LogP contribution in [0, 0.1) is 0 Å². The number of ether oxygens (including phenoxy) is 1. The van der Waals surface area contributed by atoms with Gasteiger partial charge in [-0.3, -0.25) is 9.59 Å². The molecule has 1 unspecified atom stereocenters. The van der Waals surface area contributed by atoms with Gasteiger partial charge in [-0.05, 0) is 0 Å². The topological polar surface area (TPSA) is 92.7 Å². The summed E-state index contributed by atoms with van der Waals surface area (Å²) in [5.74, 6) is -2.42. The maximum absolute atomic E-state index is 10.9. The highest BCUT2D eigenvalue weighted by atomic mass is 16.5. The van der Waals surface area contributed by atoms with Gasteiger partial charge in [-0.2, -0.15) is 0 Å². The van der Waals surface area contributed by atoms with E-state index in [4.69, 9.17) is 5.11 Å². The van der Waals surface area contributed by atoms with E-state index in [1.54, 1.807) is 0 Å². The van der Waals surface area contributed by atoms with Crippen LogP contribution in [0.1, 0.15) is 27.2 Å². The highest BCUT2D eigenvalue weighted by Gasteiger charge is 2.22. The van der Waals surface area contributed by atoms with Gasteiger partial charge in [-0.1, -0.05) is 13.8 Å². The van der Waals surface area contributed by atoms with E-state index in [0.29, 0.717) is 0 Å². The minimum absolute atomic E-state index is 0.475. The summed E-state index contributed by atoms with van der Waals surface area (Å²) in [4.78, 5) is 31.7. The largest absolute Gasteiger partial charge is 0.481 e. The molecule has 0 heterocycles. The van der Waals surface area contributed by atoms with Crippen LogP contribution in [0.2, 0.25) is 0 Å². The van der Waals surface area contributed by atoms with Crippen molar-refractivity contribution in [2.24, 2.45) is 0 Å². The van der Waals surface area contributed by atoms with Gasteiger partial charge in [0.15, 0.2) is 0 Å². The molecule has 0 fully saturated rings. The fourth-order valence-corrected chi connectivity index (χ4v) is 0.756. The van der Waals surface area contributed by atoms with Crippen molar-refractivity contribution in [2.75, 3.05) is 7.11 Å². The van der Waals surface area contributed by atoms with Gasteiger partial charge >= 0.3 is 11.9 Å². The van der Waals surface area contributed by atoms with Crippen molar-refractivity contribution in [1.29, 1.82) is 0 Å². The van der Waals surface area contributed by atoms with Crippen LogP contribution in [0.5, 0.6) is 0 Å². The van der Waals surface area contributed by atoms with Gasteiger partial charge in [0.25, 0.3) is 0 Å². The molecule has 1 amide bonds. The monoisotopic (exact) mass is 219 g/mol. The average Bonchev–Trinajstić information content (AvgIpc) is 2.17. The Labute approximate surface area is 88.6 Å². The molecule has 0 aliphatic heterocycles. The number of carboxylic acid groups (broad SMARTS) is 1. The Morgan fingerprint density at radius 2 is 1.80 bits per heavy atom. The lowest BCUT2D eigenvalue weighted by atomic mass is 10.2. The first kappa shape index (κ1) is 15.9. The highest BCUT2D eigenvalue weighted by Crippen LogP contribution is 1.95. The molecule has 0 aliphatic rings. The summed E-state index contributed by atoms with van der Waals surface area (Å²) >= 11 is 0. The Morgan fingerprint density at radius 1 is 1.33 bits per heavy atom. The van der Waals surface area contributed by atoms with Crippen molar-refractivity contribution in [3.63, 3.8) is 0 Å². The molecule has 0 spiro atoms. The van der Waals surface area contributed by atoms with Gasteiger partial charge in [0.05, 0.1) is 13.5 Å². The lowest BCUT2D eigenvalue weighted by Gasteiger charge is -2.12. The molecule has 0 aliphatic carbocycles. The lowest BCUT2D eigenvalue weighted by Crippen LogP contribution is -2.41. The maximum Gasteiger partial charge on any atom is 0.328 e. The summed E-state index contributed by atoms with van der Waals surface area (Å²) in [6.45, 7) is 5.19. The number of nitrogens with one attached hydrogen (secondary N) is 1. The first-order chi connectivity index (χ1) is 6.97. The van der Waals surface area contributed by atoms with Crippen LogP contribution in [0.25, 0.3) is 0 Å². The molecule has 6 nitrogen and oxygen atoms in total. The molecule has 0 saturated heterocycles. The Balaban J connectivity index is 0. The van der Waals surface area contributed by atoms with Gasteiger partial charge < -0.3 is 15.2 Å². The lowest BCUT2D eigenvalue weighted by molar-refractivity contribution is -0.149. The van der Waals surface area contributed by atoms with E-state index in [9.17, 15) is 14.4 Å². The van der Waals surface area contributed by atoms with Crippen LogP contribution in [0.15, 0.2) is 0 Å². The van der Waals surface area contributed by atoms with Gasteiger partial charge in [0.1, 0.15) is 6.04 Å². The summed E-state index contributed by atoms with van der Waals surface area (Å²) in [6.07, 6.45) is -0.480.